The van der Waals surface area contributed by atoms with Gasteiger partial charge in [-0.2, -0.15) is 10.2 Å². The summed E-state index contributed by atoms with van der Waals surface area (Å²) in [6, 6.07) is 24.7. The van der Waals surface area contributed by atoms with Crippen molar-refractivity contribution < 1.29 is 4.79 Å². The number of carbonyl (C=O) groups is 1. The summed E-state index contributed by atoms with van der Waals surface area (Å²) in [6.45, 7) is 0. The molecule has 34 heavy (non-hydrogen) atoms. The van der Waals surface area contributed by atoms with Crippen molar-refractivity contribution in [2.24, 2.45) is 12.1 Å². The van der Waals surface area contributed by atoms with Crippen LogP contribution in [0.2, 0.25) is 0 Å². The molecule has 0 saturated carbocycles. The van der Waals surface area contributed by atoms with Crippen LogP contribution in [0, 0.1) is 0 Å². The number of hydrogen-bond acceptors (Lipinski definition) is 6. The number of rotatable bonds is 5. The highest BCUT2D eigenvalue weighted by molar-refractivity contribution is 6.06. The van der Waals surface area contributed by atoms with Gasteiger partial charge in [0.25, 0.3) is 5.91 Å². The van der Waals surface area contributed by atoms with Crippen LogP contribution in [0.4, 0.5) is 11.5 Å². The molecule has 1 heterocycles. The van der Waals surface area contributed by atoms with Gasteiger partial charge in [-0.3, -0.25) is 19.8 Å². The number of hydrogen-bond donors (Lipinski definition) is 2. The van der Waals surface area contributed by atoms with Gasteiger partial charge >= 0.3 is 0 Å². The molecule has 5 aromatic rings. The Balaban J connectivity index is 1.63. The first-order valence-corrected chi connectivity index (χ1v) is 10.6. The number of aromatic nitrogens is 2. The molecule has 0 spiro atoms. The monoisotopic (exact) mass is 449 g/mol. The number of aryl methyl sites for hydroxylation is 1. The first kappa shape index (κ1) is 21.0. The van der Waals surface area contributed by atoms with Crippen LogP contribution in [0.3, 0.4) is 0 Å². The summed E-state index contributed by atoms with van der Waals surface area (Å²) in [5, 5.41) is 12.0. The fourth-order valence-corrected chi connectivity index (χ4v) is 3.79. The molecular formula is C26H19N5O3. The Morgan fingerprint density at radius 3 is 2.00 bits per heavy atom. The van der Waals surface area contributed by atoms with E-state index in [1.165, 1.54) is 4.68 Å². The number of fused-ring (bicyclic) bond motifs is 1. The second-order valence-corrected chi connectivity index (χ2v) is 7.66. The summed E-state index contributed by atoms with van der Waals surface area (Å²) in [5.74, 6) is 0.00630. The van der Waals surface area contributed by atoms with Crippen molar-refractivity contribution in [1.82, 2.24) is 9.78 Å². The highest BCUT2D eigenvalue weighted by atomic mass is 16.2. The number of amides is 1. The summed E-state index contributed by atoms with van der Waals surface area (Å²) >= 11 is 0. The Hall–Kier alpha value is -4.85. The third-order valence-corrected chi connectivity index (χ3v) is 5.49. The SMILES string of the molecule is Cn1nc(-c2ccccc2)c(NN=c2c(=O)c3ccccc3c2=O)c1NC(=O)c1ccccc1. The van der Waals surface area contributed by atoms with Gasteiger partial charge in [0.15, 0.2) is 11.2 Å². The topological polar surface area (TPSA) is 105 Å². The zero-order valence-corrected chi connectivity index (χ0v) is 18.1. The van der Waals surface area contributed by atoms with Crippen molar-refractivity contribution in [3.63, 3.8) is 0 Å². The lowest BCUT2D eigenvalue weighted by Crippen LogP contribution is -2.32. The van der Waals surface area contributed by atoms with Crippen molar-refractivity contribution in [1.29, 1.82) is 0 Å². The molecule has 0 aliphatic rings. The Bertz CT molecular complexity index is 1620. The number of carbonyl (C=O) groups excluding carboxylic acids is 1. The van der Waals surface area contributed by atoms with Crippen LogP contribution >= 0.6 is 0 Å². The van der Waals surface area contributed by atoms with Crippen LogP contribution in [-0.4, -0.2) is 15.7 Å². The van der Waals surface area contributed by atoms with Crippen molar-refractivity contribution in [2.45, 2.75) is 0 Å². The highest BCUT2D eigenvalue weighted by Gasteiger charge is 2.20. The smallest absolute Gasteiger partial charge is 0.256 e. The van der Waals surface area contributed by atoms with Gasteiger partial charge in [0.1, 0.15) is 11.4 Å². The number of benzene rings is 3. The van der Waals surface area contributed by atoms with Crippen LogP contribution in [0.15, 0.2) is 99.6 Å². The molecule has 0 bridgehead atoms. The lowest BCUT2D eigenvalue weighted by Gasteiger charge is -2.09. The summed E-state index contributed by atoms with van der Waals surface area (Å²) in [6.07, 6.45) is 0. The summed E-state index contributed by atoms with van der Waals surface area (Å²) in [7, 11) is 1.69. The van der Waals surface area contributed by atoms with Gasteiger partial charge in [-0.25, -0.2) is 4.68 Å². The minimum Gasteiger partial charge on any atom is -0.305 e. The number of nitrogens with one attached hydrogen (secondary N) is 2. The average Bonchev–Trinajstić information content (AvgIpc) is 3.32. The van der Waals surface area contributed by atoms with E-state index in [2.05, 4.69) is 20.9 Å². The molecule has 0 saturated heterocycles. The van der Waals surface area contributed by atoms with Gasteiger partial charge in [-0.15, -0.1) is 0 Å². The fraction of sp³-hybridized carbons (Fsp3) is 0.0385. The molecule has 8 heteroatoms. The molecule has 0 radical (unpaired) electrons. The van der Waals surface area contributed by atoms with E-state index in [1.807, 2.05) is 36.4 Å². The number of nitrogens with zero attached hydrogens (tertiary/aromatic N) is 3. The third kappa shape index (κ3) is 3.67. The Labute approximate surface area is 193 Å². The molecular weight excluding hydrogens is 430 g/mol. The minimum atomic E-state index is -0.451. The molecule has 0 unspecified atom stereocenters. The van der Waals surface area contributed by atoms with E-state index in [0.717, 1.165) is 5.56 Å². The Kier molecular flexibility index (Phi) is 5.31. The van der Waals surface area contributed by atoms with Gasteiger partial charge in [0.05, 0.1) is 0 Å². The van der Waals surface area contributed by atoms with E-state index in [1.54, 1.807) is 55.6 Å². The van der Waals surface area contributed by atoms with E-state index in [-0.39, 0.29) is 11.3 Å². The molecule has 4 aromatic carbocycles. The maximum Gasteiger partial charge on any atom is 0.256 e. The lowest BCUT2D eigenvalue weighted by atomic mass is 10.1. The second-order valence-electron chi connectivity index (χ2n) is 7.66. The maximum atomic E-state index is 12.9. The van der Waals surface area contributed by atoms with E-state index in [9.17, 15) is 14.4 Å². The zero-order chi connectivity index (χ0) is 23.7. The first-order chi connectivity index (χ1) is 16.5. The zero-order valence-electron chi connectivity index (χ0n) is 18.1. The van der Waals surface area contributed by atoms with Crippen molar-refractivity contribution in [2.75, 3.05) is 10.7 Å². The first-order valence-electron chi connectivity index (χ1n) is 10.6. The standard InChI is InChI=1S/C26H19N5O3/c1-31-25(27-26(34)17-12-6-3-7-13-17)21(20(30-31)16-10-4-2-5-11-16)28-29-22-23(32)18-14-8-9-15-19(18)24(22)33/h2-15,28H,1H3,(H,27,34). The van der Waals surface area contributed by atoms with Gasteiger partial charge < -0.3 is 5.32 Å². The molecule has 1 aromatic heterocycles. The highest BCUT2D eigenvalue weighted by Crippen LogP contribution is 2.33. The molecule has 8 nitrogen and oxygen atoms in total. The maximum absolute atomic E-state index is 12.9. The van der Waals surface area contributed by atoms with Gasteiger partial charge in [-0.05, 0) is 12.1 Å². The van der Waals surface area contributed by atoms with Crippen LogP contribution in [0.1, 0.15) is 10.4 Å². The van der Waals surface area contributed by atoms with Crippen molar-refractivity contribution in [3.05, 3.63) is 116 Å². The molecule has 0 fully saturated rings. The summed E-state index contributed by atoms with van der Waals surface area (Å²) in [4.78, 5) is 38.4. The van der Waals surface area contributed by atoms with Gasteiger partial charge in [0.2, 0.25) is 10.9 Å². The van der Waals surface area contributed by atoms with Gasteiger partial charge in [0, 0.05) is 28.9 Å². The quantitative estimate of drug-likeness (QED) is 0.401. The molecule has 166 valence electrons. The molecule has 2 N–H and O–H groups in total. The predicted molar refractivity (Wildman–Crippen MR) is 131 cm³/mol. The van der Waals surface area contributed by atoms with Crippen LogP contribution in [0.5, 0.6) is 0 Å². The lowest BCUT2D eigenvalue weighted by molar-refractivity contribution is 0.102. The van der Waals surface area contributed by atoms with Crippen LogP contribution in [0.25, 0.3) is 22.0 Å². The molecule has 1 amide bonds. The molecule has 0 aliphatic heterocycles. The normalized spacial score (nSPS) is 10.9. The Morgan fingerprint density at radius 2 is 1.38 bits per heavy atom. The van der Waals surface area contributed by atoms with Crippen LogP contribution < -0.4 is 27.0 Å². The molecule has 0 atom stereocenters. The molecule has 0 aliphatic carbocycles. The predicted octanol–water partition coefficient (Wildman–Crippen LogP) is 3.02. The average molecular weight is 449 g/mol. The summed E-state index contributed by atoms with van der Waals surface area (Å²) < 4.78 is 1.51. The van der Waals surface area contributed by atoms with E-state index < -0.39 is 10.9 Å². The van der Waals surface area contributed by atoms with Crippen molar-refractivity contribution >= 4 is 28.2 Å². The third-order valence-electron chi connectivity index (χ3n) is 5.49. The molecule has 5 rings (SSSR count). The minimum absolute atomic E-state index is 0.218. The van der Waals surface area contributed by atoms with E-state index in [4.69, 9.17) is 0 Å². The van der Waals surface area contributed by atoms with E-state index in [0.29, 0.717) is 33.5 Å². The largest absolute Gasteiger partial charge is 0.305 e. The summed E-state index contributed by atoms with van der Waals surface area (Å²) in [5.41, 5.74) is 4.05. The van der Waals surface area contributed by atoms with Gasteiger partial charge in [-0.1, -0.05) is 72.8 Å². The van der Waals surface area contributed by atoms with Crippen molar-refractivity contribution in [3.8, 4) is 11.3 Å². The van der Waals surface area contributed by atoms with Crippen LogP contribution in [-0.2, 0) is 7.05 Å². The fourth-order valence-electron chi connectivity index (χ4n) is 3.79. The number of anilines is 2. The Morgan fingerprint density at radius 1 is 0.824 bits per heavy atom. The van der Waals surface area contributed by atoms with E-state index >= 15 is 0 Å². The second kappa shape index (κ2) is 8.59.